The molecular weight excluding hydrogens is 210 g/mol. The number of nitrogens with one attached hydrogen (secondary N) is 1. The summed E-state index contributed by atoms with van der Waals surface area (Å²) in [6, 6.07) is -0.242. The highest BCUT2D eigenvalue weighted by Gasteiger charge is 2.31. The third kappa shape index (κ3) is 4.08. The summed E-state index contributed by atoms with van der Waals surface area (Å²) in [5, 5.41) is 3.08. The Hall–Kier alpha value is -0.650. The van der Waals surface area contributed by atoms with Crippen molar-refractivity contribution < 1.29 is 19.0 Å². The van der Waals surface area contributed by atoms with Crippen molar-refractivity contribution in [3.63, 3.8) is 0 Å². The number of rotatable bonds is 6. The fourth-order valence-electron chi connectivity index (χ4n) is 1.66. The highest BCUT2D eigenvalue weighted by molar-refractivity contribution is 5.76. The Morgan fingerprint density at radius 2 is 2.31 bits per heavy atom. The maximum Gasteiger partial charge on any atom is 0.323 e. The Morgan fingerprint density at radius 1 is 1.56 bits per heavy atom. The lowest BCUT2D eigenvalue weighted by Gasteiger charge is -2.16. The van der Waals surface area contributed by atoms with E-state index in [1.165, 1.54) is 0 Å². The number of hydrogen-bond donors (Lipinski definition) is 1. The molecule has 0 aromatic carbocycles. The molecule has 1 fully saturated rings. The maximum absolute atomic E-state index is 11.7. The molecular formula is C11H21NO4. The molecule has 0 aromatic heterocycles. The monoisotopic (exact) mass is 231 g/mol. The Bertz CT molecular complexity index is 222. The minimum absolute atomic E-state index is 0.111. The normalized spacial score (nSPS) is 26.7. The highest BCUT2D eigenvalue weighted by atomic mass is 16.6. The van der Waals surface area contributed by atoms with Crippen molar-refractivity contribution in [1.82, 2.24) is 5.32 Å². The van der Waals surface area contributed by atoms with Gasteiger partial charge >= 0.3 is 5.97 Å². The highest BCUT2D eigenvalue weighted by Crippen LogP contribution is 2.11. The largest absolute Gasteiger partial charge is 0.459 e. The molecule has 3 unspecified atom stereocenters. The second kappa shape index (κ2) is 6.83. The third-order valence-electron chi connectivity index (χ3n) is 2.58. The fourth-order valence-corrected chi connectivity index (χ4v) is 1.66. The molecule has 1 aliphatic rings. The van der Waals surface area contributed by atoms with Crippen LogP contribution in [0.1, 0.15) is 20.3 Å². The van der Waals surface area contributed by atoms with Gasteiger partial charge in [0.05, 0.1) is 12.7 Å². The number of methoxy groups -OCH3 is 1. The van der Waals surface area contributed by atoms with Crippen LogP contribution in [0.15, 0.2) is 0 Å². The number of carbonyl (C=O) groups is 1. The molecule has 0 bridgehead atoms. The van der Waals surface area contributed by atoms with Crippen molar-refractivity contribution >= 4 is 5.97 Å². The van der Waals surface area contributed by atoms with Gasteiger partial charge in [-0.1, -0.05) is 0 Å². The minimum Gasteiger partial charge on any atom is -0.459 e. The summed E-state index contributed by atoms with van der Waals surface area (Å²) in [5.74, 6) is -0.216. The number of esters is 1. The molecule has 94 valence electrons. The van der Waals surface area contributed by atoms with Crippen LogP contribution in [0.5, 0.6) is 0 Å². The van der Waals surface area contributed by atoms with Crippen molar-refractivity contribution in [3.05, 3.63) is 0 Å². The minimum atomic E-state index is -0.242. The molecule has 1 aliphatic heterocycles. The van der Waals surface area contributed by atoms with Crippen LogP contribution in [0.4, 0.5) is 0 Å². The van der Waals surface area contributed by atoms with Crippen LogP contribution in [0.3, 0.4) is 0 Å². The molecule has 1 rings (SSSR count). The van der Waals surface area contributed by atoms with E-state index in [1.807, 2.05) is 13.8 Å². The predicted molar refractivity (Wildman–Crippen MR) is 59.3 cm³/mol. The topological polar surface area (TPSA) is 56.8 Å². The summed E-state index contributed by atoms with van der Waals surface area (Å²) in [6.07, 6.45) is 0.590. The quantitative estimate of drug-likeness (QED) is 0.668. The van der Waals surface area contributed by atoms with Gasteiger partial charge in [-0.25, -0.2) is 0 Å². The Kier molecular flexibility index (Phi) is 5.73. The summed E-state index contributed by atoms with van der Waals surface area (Å²) in [5.41, 5.74) is 0. The van der Waals surface area contributed by atoms with Crippen LogP contribution in [-0.4, -0.2) is 51.1 Å². The van der Waals surface area contributed by atoms with E-state index in [4.69, 9.17) is 14.2 Å². The third-order valence-corrected chi connectivity index (χ3v) is 2.58. The molecule has 5 heteroatoms. The van der Waals surface area contributed by atoms with E-state index in [-0.39, 0.29) is 24.2 Å². The molecule has 1 heterocycles. The van der Waals surface area contributed by atoms with Gasteiger partial charge in [0.1, 0.15) is 12.1 Å². The van der Waals surface area contributed by atoms with Gasteiger partial charge in [0, 0.05) is 26.7 Å². The lowest BCUT2D eigenvalue weighted by Crippen LogP contribution is -2.35. The molecule has 16 heavy (non-hydrogen) atoms. The van der Waals surface area contributed by atoms with Crippen LogP contribution in [0.2, 0.25) is 0 Å². The predicted octanol–water partition coefficient (Wildman–Crippen LogP) is 0.332. The van der Waals surface area contributed by atoms with Crippen LogP contribution in [-0.2, 0) is 19.0 Å². The molecule has 0 amide bonds. The first-order valence-electron chi connectivity index (χ1n) is 5.71. The number of carbonyl (C=O) groups excluding carboxylic acids is 1. The molecule has 0 saturated carbocycles. The van der Waals surface area contributed by atoms with Crippen LogP contribution >= 0.6 is 0 Å². The van der Waals surface area contributed by atoms with Gasteiger partial charge in [-0.2, -0.15) is 0 Å². The van der Waals surface area contributed by atoms with Crippen LogP contribution < -0.4 is 5.32 Å². The first kappa shape index (κ1) is 13.4. The molecule has 5 nitrogen and oxygen atoms in total. The summed E-state index contributed by atoms with van der Waals surface area (Å²) in [7, 11) is 1.65. The van der Waals surface area contributed by atoms with Gasteiger partial charge in [0.15, 0.2) is 0 Å². The van der Waals surface area contributed by atoms with E-state index in [2.05, 4.69) is 5.32 Å². The smallest absolute Gasteiger partial charge is 0.323 e. The average molecular weight is 231 g/mol. The first-order chi connectivity index (χ1) is 7.67. The second-order valence-electron chi connectivity index (χ2n) is 3.96. The first-order valence-corrected chi connectivity index (χ1v) is 5.71. The summed E-state index contributed by atoms with van der Waals surface area (Å²) in [6.45, 7) is 5.53. The summed E-state index contributed by atoms with van der Waals surface area (Å²) in [4.78, 5) is 11.7. The fraction of sp³-hybridized carbons (Fsp3) is 0.909. The average Bonchev–Trinajstić information content (AvgIpc) is 2.74. The van der Waals surface area contributed by atoms with E-state index < -0.39 is 0 Å². The van der Waals surface area contributed by atoms with Crippen molar-refractivity contribution in [1.29, 1.82) is 0 Å². The van der Waals surface area contributed by atoms with Crippen molar-refractivity contribution in [3.8, 4) is 0 Å². The zero-order chi connectivity index (χ0) is 12.0. The van der Waals surface area contributed by atoms with Crippen molar-refractivity contribution in [2.75, 3.05) is 26.9 Å². The SMILES string of the molecule is CCOCC(C)OC(=O)C1CC(OC)CN1. The molecule has 0 aromatic rings. The zero-order valence-electron chi connectivity index (χ0n) is 10.2. The Morgan fingerprint density at radius 3 is 2.88 bits per heavy atom. The van der Waals surface area contributed by atoms with Gasteiger partial charge in [-0.3, -0.25) is 4.79 Å². The standard InChI is InChI=1S/C11H21NO4/c1-4-15-7-8(2)16-11(13)10-5-9(14-3)6-12-10/h8-10,12H,4-7H2,1-3H3. The van der Waals surface area contributed by atoms with E-state index in [0.29, 0.717) is 26.2 Å². The maximum atomic E-state index is 11.7. The van der Waals surface area contributed by atoms with E-state index in [0.717, 1.165) is 0 Å². The van der Waals surface area contributed by atoms with Gasteiger partial charge in [0.25, 0.3) is 0 Å². The molecule has 1 saturated heterocycles. The van der Waals surface area contributed by atoms with E-state index >= 15 is 0 Å². The van der Waals surface area contributed by atoms with Gasteiger partial charge in [-0.05, 0) is 13.8 Å². The van der Waals surface area contributed by atoms with E-state index in [9.17, 15) is 4.79 Å². The molecule has 0 aliphatic carbocycles. The van der Waals surface area contributed by atoms with Crippen molar-refractivity contribution in [2.45, 2.75) is 38.5 Å². The van der Waals surface area contributed by atoms with E-state index in [1.54, 1.807) is 7.11 Å². The summed E-state index contributed by atoms with van der Waals surface area (Å²) >= 11 is 0. The molecule has 0 spiro atoms. The lowest BCUT2D eigenvalue weighted by molar-refractivity contribution is -0.153. The Balaban J connectivity index is 2.24. The molecule has 1 N–H and O–H groups in total. The second-order valence-corrected chi connectivity index (χ2v) is 3.96. The lowest BCUT2D eigenvalue weighted by atomic mass is 10.2. The Labute approximate surface area is 96.4 Å². The zero-order valence-corrected chi connectivity index (χ0v) is 10.2. The molecule has 0 radical (unpaired) electrons. The van der Waals surface area contributed by atoms with Gasteiger partial charge in [0.2, 0.25) is 0 Å². The number of hydrogen-bond acceptors (Lipinski definition) is 5. The van der Waals surface area contributed by atoms with Gasteiger partial charge < -0.3 is 19.5 Å². The summed E-state index contributed by atoms with van der Waals surface area (Å²) < 4.78 is 15.6. The van der Waals surface area contributed by atoms with Gasteiger partial charge in [-0.15, -0.1) is 0 Å². The van der Waals surface area contributed by atoms with Crippen LogP contribution in [0.25, 0.3) is 0 Å². The molecule has 3 atom stereocenters. The van der Waals surface area contributed by atoms with Crippen molar-refractivity contribution in [2.24, 2.45) is 0 Å². The van der Waals surface area contributed by atoms with Crippen LogP contribution in [0, 0.1) is 0 Å². The number of ether oxygens (including phenoxy) is 3.